The quantitative estimate of drug-likeness (QED) is 0.705. The summed E-state index contributed by atoms with van der Waals surface area (Å²) in [5.74, 6) is -0.0283. The van der Waals surface area contributed by atoms with Gasteiger partial charge in [0.2, 0.25) is 5.91 Å². The van der Waals surface area contributed by atoms with Gasteiger partial charge in [0, 0.05) is 18.1 Å². The van der Waals surface area contributed by atoms with Crippen molar-refractivity contribution in [2.45, 2.75) is 38.8 Å². The van der Waals surface area contributed by atoms with Gasteiger partial charge in [-0.05, 0) is 27.2 Å². The van der Waals surface area contributed by atoms with Gasteiger partial charge in [-0.3, -0.25) is 4.79 Å². The molecule has 0 radical (unpaired) electrons. The first-order chi connectivity index (χ1) is 8.64. The van der Waals surface area contributed by atoms with Crippen molar-refractivity contribution >= 4 is 15.7 Å². The van der Waals surface area contributed by atoms with Crippen molar-refractivity contribution in [1.82, 2.24) is 10.2 Å². The highest BCUT2D eigenvalue weighted by Crippen LogP contribution is 2.17. The van der Waals surface area contributed by atoms with Crippen molar-refractivity contribution in [3.05, 3.63) is 0 Å². The van der Waals surface area contributed by atoms with E-state index in [0.717, 1.165) is 0 Å². The van der Waals surface area contributed by atoms with Crippen LogP contribution in [0.1, 0.15) is 27.2 Å². The molecule has 1 aliphatic heterocycles. The smallest absolute Gasteiger partial charge is 0.236 e. The van der Waals surface area contributed by atoms with Gasteiger partial charge in [0.25, 0.3) is 0 Å². The molecule has 0 aromatic carbocycles. The first kappa shape index (κ1) is 16.4. The van der Waals surface area contributed by atoms with Crippen LogP contribution in [-0.2, 0) is 14.6 Å². The first-order valence-electron chi connectivity index (χ1n) is 6.50. The molecule has 1 atom stereocenters. The minimum absolute atomic E-state index is 0.00819. The molecule has 112 valence electrons. The first-order valence-corrected chi connectivity index (χ1v) is 8.32. The number of hydrogen-bond donors (Lipinski definition) is 2. The molecule has 2 N–H and O–H groups in total. The normalized spacial score (nSPS) is 22.4. The fraction of sp³-hybridized carbons (Fsp3) is 0.917. The third-order valence-electron chi connectivity index (χ3n) is 3.08. The lowest BCUT2D eigenvalue weighted by molar-refractivity contribution is -0.133. The fourth-order valence-corrected chi connectivity index (χ4v) is 3.81. The summed E-state index contributed by atoms with van der Waals surface area (Å²) < 4.78 is 22.9. The molecule has 0 bridgehead atoms. The molecule has 0 saturated carbocycles. The summed E-state index contributed by atoms with van der Waals surface area (Å²) in [6.45, 7) is 6.05. The molecule has 1 saturated heterocycles. The monoisotopic (exact) mass is 292 g/mol. The van der Waals surface area contributed by atoms with E-state index in [-0.39, 0.29) is 48.7 Å². The molecule has 1 amide bonds. The maximum absolute atomic E-state index is 12.1. The molecular formula is C12H24N2O4S. The molecule has 19 heavy (non-hydrogen) atoms. The second kappa shape index (κ2) is 6.19. The van der Waals surface area contributed by atoms with Crippen LogP contribution in [0, 0.1) is 0 Å². The minimum atomic E-state index is -3.03. The van der Waals surface area contributed by atoms with Gasteiger partial charge in [0.1, 0.15) is 0 Å². The Labute approximate surface area is 115 Å². The standard InChI is InChI=1S/C12H24N2O4S/c1-12(2,3)13-8-11(16)14(5-6-15)10-4-7-19(17,18)9-10/h10,13,15H,4-9H2,1-3H3. The van der Waals surface area contributed by atoms with Gasteiger partial charge in [-0.15, -0.1) is 0 Å². The van der Waals surface area contributed by atoms with E-state index in [4.69, 9.17) is 5.11 Å². The Morgan fingerprint density at radius 3 is 2.47 bits per heavy atom. The van der Waals surface area contributed by atoms with Gasteiger partial charge in [-0.1, -0.05) is 0 Å². The number of sulfone groups is 1. The average molecular weight is 292 g/mol. The second-order valence-corrected chi connectivity index (χ2v) is 8.20. The number of amides is 1. The molecule has 1 fully saturated rings. The zero-order valence-corrected chi connectivity index (χ0v) is 12.7. The number of aliphatic hydroxyl groups excluding tert-OH is 1. The number of carbonyl (C=O) groups is 1. The molecule has 0 spiro atoms. The molecule has 0 aromatic heterocycles. The van der Waals surface area contributed by atoms with Crippen LogP contribution in [0.4, 0.5) is 0 Å². The van der Waals surface area contributed by atoms with Gasteiger partial charge in [-0.2, -0.15) is 0 Å². The number of nitrogens with one attached hydrogen (secondary N) is 1. The van der Waals surface area contributed by atoms with E-state index in [9.17, 15) is 13.2 Å². The summed E-state index contributed by atoms with van der Waals surface area (Å²) in [5.41, 5.74) is -0.178. The number of rotatable bonds is 5. The average Bonchev–Trinajstić information content (AvgIpc) is 2.62. The lowest BCUT2D eigenvalue weighted by Gasteiger charge is -2.29. The van der Waals surface area contributed by atoms with Crippen molar-refractivity contribution in [2.24, 2.45) is 0 Å². The van der Waals surface area contributed by atoms with Crippen LogP contribution in [0.3, 0.4) is 0 Å². The van der Waals surface area contributed by atoms with Crippen LogP contribution in [0.5, 0.6) is 0 Å². The lowest BCUT2D eigenvalue weighted by Crippen LogP contribution is -2.49. The summed E-state index contributed by atoms with van der Waals surface area (Å²) >= 11 is 0. The number of carbonyl (C=O) groups excluding carboxylic acids is 1. The molecule has 1 heterocycles. The molecule has 1 rings (SSSR count). The van der Waals surface area contributed by atoms with Crippen molar-refractivity contribution in [3.8, 4) is 0 Å². The Balaban J connectivity index is 2.64. The zero-order chi connectivity index (χ0) is 14.7. The summed E-state index contributed by atoms with van der Waals surface area (Å²) in [7, 11) is -3.03. The van der Waals surface area contributed by atoms with E-state index in [0.29, 0.717) is 6.42 Å². The second-order valence-electron chi connectivity index (χ2n) is 5.97. The summed E-state index contributed by atoms with van der Waals surface area (Å²) in [6, 6.07) is -0.300. The fourth-order valence-electron chi connectivity index (χ4n) is 2.08. The van der Waals surface area contributed by atoms with Crippen LogP contribution in [0.25, 0.3) is 0 Å². The molecule has 0 aromatic rings. The Kier molecular flexibility index (Phi) is 5.34. The zero-order valence-electron chi connectivity index (χ0n) is 11.8. The van der Waals surface area contributed by atoms with Crippen LogP contribution < -0.4 is 5.32 Å². The molecule has 6 nitrogen and oxygen atoms in total. The molecule has 1 unspecified atom stereocenters. The van der Waals surface area contributed by atoms with Crippen LogP contribution in [0.15, 0.2) is 0 Å². The van der Waals surface area contributed by atoms with Crippen molar-refractivity contribution in [1.29, 1.82) is 0 Å². The van der Waals surface area contributed by atoms with Crippen LogP contribution in [0.2, 0.25) is 0 Å². The minimum Gasteiger partial charge on any atom is -0.395 e. The maximum Gasteiger partial charge on any atom is 0.236 e. The number of hydrogen-bond acceptors (Lipinski definition) is 5. The molecule has 0 aliphatic carbocycles. The number of aliphatic hydroxyl groups is 1. The summed E-state index contributed by atoms with van der Waals surface area (Å²) in [5, 5.41) is 12.1. The van der Waals surface area contributed by atoms with Gasteiger partial charge < -0.3 is 15.3 Å². The molecular weight excluding hydrogens is 268 g/mol. The Bertz CT molecular complexity index is 414. The van der Waals surface area contributed by atoms with E-state index < -0.39 is 9.84 Å². The summed E-state index contributed by atoms with van der Waals surface area (Å²) in [4.78, 5) is 13.6. The third kappa shape index (κ3) is 5.46. The largest absolute Gasteiger partial charge is 0.395 e. The van der Waals surface area contributed by atoms with Crippen molar-refractivity contribution in [2.75, 3.05) is 31.2 Å². The molecule has 7 heteroatoms. The highest BCUT2D eigenvalue weighted by Gasteiger charge is 2.34. The van der Waals surface area contributed by atoms with Crippen molar-refractivity contribution < 1.29 is 18.3 Å². The number of nitrogens with zero attached hydrogens (tertiary/aromatic N) is 1. The van der Waals surface area contributed by atoms with E-state index in [2.05, 4.69) is 5.32 Å². The van der Waals surface area contributed by atoms with Crippen LogP contribution in [-0.4, -0.2) is 67.1 Å². The predicted molar refractivity (Wildman–Crippen MR) is 73.6 cm³/mol. The topological polar surface area (TPSA) is 86.7 Å². The summed E-state index contributed by atoms with van der Waals surface area (Å²) in [6.07, 6.45) is 0.462. The van der Waals surface area contributed by atoms with E-state index in [1.165, 1.54) is 4.90 Å². The van der Waals surface area contributed by atoms with Gasteiger partial charge >= 0.3 is 0 Å². The molecule has 1 aliphatic rings. The highest BCUT2D eigenvalue weighted by atomic mass is 32.2. The van der Waals surface area contributed by atoms with E-state index in [1.807, 2.05) is 20.8 Å². The van der Waals surface area contributed by atoms with Gasteiger partial charge in [-0.25, -0.2) is 8.42 Å². The Hall–Kier alpha value is -0.660. The Morgan fingerprint density at radius 2 is 2.05 bits per heavy atom. The maximum atomic E-state index is 12.1. The van der Waals surface area contributed by atoms with Crippen LogP contribution >= 0.6 is 0 Å². The third-order valence-corrected chi connectivity index (χ3v) is 4.83. The van der Waals surface area contributed by atoms with E-state index >= 15 is 0 Å². The van der Waals surface area contributed by atoms with Gasteiger partial charge in [0.15, 0.2) is 9.84 Å². The Morgan fingerprint density at radius 1 is 1.42 bits per heavy atom. The highest BCUT2D eigenvalue weighted by molar-refractivity contribution is 7.91. The SMILES string of the molecule is CC(C)(C)NCC(=O)N(CCO)C1CCS(=O)(=O)C1. The van der Waals surface area contributed by atoms with E-state index in [1.54, 1.807) is 0 Å². The predicted octanol–water partition coefficient (Wildman–Crippen LogP) is -0.617. The lowest BCUT2D eigenvalue weighted by atomic mass is 10.1. The van der Waals surface area contributed by atoms with Crippen molar-refractivity contribution in [3.63, 3.8) is 0 Å². The van der Waals surface area contributed by atoms with Gasteiger partial charge in [0.05, 0.1) is 24.7 Å².